The first-order valence-corrected chi connectivity index (χ1v) is 6.79. The number of nitriles is 1. The summed E-state index contributed by atoms with van der Waals surface area (Å²) in [5, 5.41) is 11.9. The summed E-state index contributed by atoms with van der Waals surface area (Å²) in [7, 11) is 0. The lowest BCUT2D eigenvalue weighted by Gasteiger charge is -2.28. The third-order valence-corrected chi connectivity index (χ3v) is 3.21. The van der Waals surface area contributed by atoms with Crippen molar-refractivity contribution < 1.29 is 0 Å². The number of hydrogen-bond acceptors (Lipinski definition) is 5. The van der Waals surface area contributed by atoms with Gasteiger partial charge in [0.25, 0.3) is 0 Å². The fourth-order valence-electron chi connectivity index (χ4n) is 1.63. The van der Waals surface area contributed by atoms with Crippen molar-refractivity contribution in [3.8, 4) is 6.07 Å². The molecule has 0 aromatic carbocycles. The molecule has 0 aliphatic heterocycles. The number of halogens is 1. The van der Waals surface area contributed by atoms with Gasteiger partial charge in [-0.15, -0.1) is 0 Å². The van der Waals surface area contributed by atoms with E-state index in [2.05, 4.69) is 56.0 Å². The van der Waals surface area contributed by atoms with Gasteiger partial charge in [-0.1, -0.05) is 0 Å². The van der Waals surface area contributed by atoms with Gasteiger partial charge in [-0.05, 0) is 36.7 Å². The lowest BCUT2D eigenvalue weighted by molar-refractivity contribution is 0.674. The highest BCUT2D eigenvalue weighted by Crippen LogP contribution is 2.30. The summed E-state index contributed by atoms with van der Waals surface area (Å²) in [6.07, 6.45) is 2.02. The maximum Gasteiger partial charge on any atom is 0.148 e. The topological polar surface area (TPSA) is 64.8 Å². The Morgan fingerprint density at radius 3 is 2.78 bits per heavy atom. The van der Waals surface area contributed by atoms with Gasteiger partial charge in [0.05, 0.1) is 12.5 Å². The zero-order valence-corrected chi connectivity index (χ0v) is 12.5. The molecular formula is C12H18BrN5. The minimum atomic E-state index is 0.277. The number of nitrogens with zero attached hydrogens (tertiary/aromatic N) is 4. The van der Waals surface area contributed by atoms with Crippen molar-refractivity contribution in [3.05, 3.63) is 10.8 Å². The molecule has 1 rings (SSSR count). The Labute approximate surface area is 116 Å². The molecule has 0 spiro atoms. The van der Waals surface area contributed by atoms with Crippen LogP contribution in [0.15, 0.2) is 10.8 Å². The Bertz CT molecular complexity index is 427. The molecule has 0 bridgehead atoms. The lowest BCUT2D eigenvalue weighted by atomic mass is 10.3. The zero-order chi connectivity index (χ0) is 13.5. The average molecular weight is 312 g/mol. The number of aromatic nitrogens is 2. The van der Waals surface area contributed by atoms with Gasteiger partial charge < -0.3 is 10.2 Å². The maximum atomic E-state index is 8.72. The molecule has 0 amide bonds. The summed E-state index contributed by atoms with van der Waals surface area (Å²) >= 11 is 3.53. The van der Waals surface area contributed by atoms with Gasteiger partial charge in [0, 0.05) is 19.1 Å². The van der Waals surface area contributed by atoms with E-state index in [1.807, 2.05) is 6.92 Å². The Kier molecular flexibility index (Phi) is 5.86. The van der Waals surface area contributed by atoms with Crippen molar-refractivity contribution in [2.75, 3.05) is 23.3 Å². The van der Waals surface area contributed by atoms with E-state index in [-0.39, 0.29) is 6.04 Å². The van der Waals surface area contributed by atoms with Crippen LogP contribution in [0.1, 0.15) is 27.2 Å². The number of rotatable bonds is 6. The van der Waals surface area contributed by atoms with Crippen LogP contribution >= 0.6 is 15.9 Å². The van der Waals surface area contributed by atoms with Gasteiger partial charge in [-0.2, -0.15) is 5.26 Å². The molecule has 0 saturated heterocycles. The quantitative estimate of drug-likeness (QED) is 0.875. The van der Waals surface area contributed by atoms with E-state index in [0.29, 0.717) is 13.0 Å². The van der Waals surface area contributed by atoms with Crippen molar-refractivity contribution in [1.29, 1.82) is 5.26 Å². The zero-order valence-electron chi connectivity index (χ0n) is 10.9. The monoisotopic (exact) mass is 311 g/mol. The molecule has 5 nitrogen and oxygen atoms in total. The molecule has 1 N–H and O–H groups in total. The third-order valence-electron chi connectivity index (χ3n) is 2.48. The first-order valence-electron chi connectivity index (χ1n) is 5.99. The summed E-state index contributed by atoms with van der Waals surface area (Å²) in [5.41, 5.74) is 0. The molecule has 0 radical (unpaired) electrons. The van der Waals surface area contributed by atoms with Crippen LogP contribution in [-0.2, 0) is 0 Å². The second kappa shape index (κ2) is 7.17. The van der Waals surface area contributed by atoms with Crippen molar-refractivity contribution in [2.24, 2.45) is 0 Å². The van der Waals surface area contributed by atoms with Crippen molar-refractivity contribution in [3.63, 3.8) is 0 Å². The second-order valence-electron chi connectivity index (χ2n) is 4.09. The van der Waals surface area contributed by atoms with E-state index in [0.717, 1.165) is 22.7 Å². The van der Waals surface area contributed by atoms with Gasteiger partial charge in [0.2, 0.25) is 0 Å². The first-order chi connectivity index (χ1) is 8.61. The number of nitrogens with one attached hydrogen (secondary N) is 1. The summed E-state index contributed by atoms with van der Waals surface area (Å²) in [6, 6.07) is 2.44. The Morgan fingerprint density at radius 2 is 2.22 bits per heavy atom. The molecule has 6 heteroatoms. The minimum absolute atomic E-state index is 0.277. The largest absolute Gasteiger partial charge is 0.369 e. The predicted molar refractivity (Wildman–Crippen MR) is 76.6 cm³/mol. The lowest BCUT2D eigenvalue weighted by Crippen LogP contribution is -2.32. The summed E-state index contributed by atoms with van der Waals surface area (Å²) in [5.74, 6) is 1.61. The Morgan fingerprint density at radius 1 is 1.50 bits per heavy atom. The average Bonchev–Trinajstić information content (AvgIpc) is 2.34. The van der Waals surface area contributed by atoms with Crippen LogP contribution in [0.3, 0.4) is 0 Å². The van der Waals surface area contributed by atoms with Crippen molar-refractivity contribution in [1.82, 2.24) is 9.97 Å². The maximum absolute atomic E-state index is 8.72. The smallest absolute Gasteiger partial charge is 0.148 e. The Balaban J connectivity index is 3.04. The van der Waals surface area contributed by atoms with Gasteiger partial charge in [-0.3, -0.25) is 0 Å². The van der Waals surface area contributed by atoms with E-state index in [1.54, 1.807) is 6.33 Å². The van der Waals surface area contributed by atoms with E-state index in [4.69, 9.17) is 5.26 Å². The van der Waals surface area contributed by atoms with Crippen LogP contribution < -0.4 is 10.2 Å². The standard InChI is InChI=1S/C12H18BrN5/c1-4-15-11-10(13)12(17-8-16-11)18(9(2)3)7-5-6-14/h8-9H,4-5,7H2,1-3H3,(H,15,16,17). The van der Waals surface area contributed by atoms with E-state index < -0.39 is 0 Å². The molecule has 1 aromatic heterocycles. The first kappa shape index (κ1) is 14.7. The van der Waals surface area contributed by atoms with Crippen molar-refractivity contribution >= 4 is 27.6 Å². The van der Waals surface area contributed by atoms with Crippen LogP contribution in [0.2, 0.25) is 0 Å². The molecule has 0 aliphatic carbocycles. The van der Waals surface area contributed by atoms with Gasteiger partial charge >= 0.3 is 0 Å². The van der Waals surface area contributed by atoms with Crippen molar-refractivity contribution in [2.45, 2.75) is 33.2 Å². The highest BCUT2D eigenvalue weighted by Gasteiger charge is 2.17. The highest BCUT2D eigenvalue weighted by molar-refractivity contribution is 9.10. The van der Waals surface area contributed by atoms with Gasteiger partial charge in [0.1, 0.15) is 22.4 Å². The van der Waals surface area contributed by atoms with Crippen LogP contribution in [0.25, 0.3) is 0 Å². The molecule has 18 heavy (non-hydrogen) atoms. The molecule has 1 aromatic rings. The number of anilines is 2. The van der Waals surface area contributed by atoms with Gasteiger partial charge in [0.15, 0.2) is 0 Å². The second-order valence-corrected chi connectivity index (χ2v) is 4.88. The van der Waals surface area contributed by atoms with Crippen LogP contribution in [-0.4, -0.2) is 29.1 Å². The van der Waals surface area contributed by atoms with Crippen LogP contribution in [0, 0.1) is 11.3 Å². The third kappa shape index (κ3) is 3.57. The molecule has 98 valence electrons. The molecule has 1 heterocycles. The summed E-state index contributed by atoms with van der Waals surface area (Å²) in [6.45, 7) is 7.64. The fourth-order valence-corrected chi connectivity index (χ4v) is 2.20. The fraction of sp³-hybridized carbons (Fsp3) is 0.583. The van der Waals surface area contributed by atoms with Crippen LogP contribution in [0.4, 0.5) is 11.6 Å². The van der Waals surface area contributed by atoms with E-state index in [9.17, 15) is 0 Å². The van der Waals surface area contributed by atoms with Crippen LogP contribution in [0.5, 0.6) is 0 Å². The highest BCUT2D eigenvalue weighted by atomic mass is 79.9. The Hall–Kier alpha value is -1.35. The van der Waals surface area contributed by atoms with E-state index in [1.165, 1.54) is 0 Å². The summed E-state index contributed by atoms with van der Waals surface area (Å²) in [4.78, 5) is 10.6. The predicted octanol–water partition coefficient (Wildman–Crippen LogP) is 2.80. The normalized spacial score (nSPS) is 10.2. The molecule has 0 atom stereocenters. The van der Waals surface area contributed by atoms with Gasteiger partial charge in [-0.25, -0.2) is 9.97 Å². The van der Waals surface area contributed by atoms with E-state index >= 15 is 0 Å². The SMILES string of the molecule is CCNc1ncnc(N(CCC#N)C(C)C)c1Br. The number of hydrogen-bond donors (Lipinski definition) is 1. The molecule has 0 aliphatic rings. The molecule has 0 fully saturated rings. The molecule has 0 unspecified atom stereocenters. The molecule has 0 saturated carbocycles. The minimum Gasteiger partial charge on any atom is -0.369 e. The molecular weight excluding hydrogens is 294 g/mol. The summed E-state index contributed by atoms with van der Waals surface area (Å²) < 4.78 is 0.846.